The Morgan fingerprint density at radius 3 is 1.88 bits per heavy atom. The van der Waals surface area contributed by atoms with Crippen LogP contribution in [0.5, 0.6) is 0 Å². The van der Waals surface area contributed by atoms with Crippen LogP contribution in [0.2, 0.25) is 0 Å². The second-order valence-electron chi connectivity index (χ2n) is 11.4. The Kier molecular flexibility index (Phi) is 7.84. The highest BCUT2D eigenvalue weighted by molar-refractivity contribution is 5.83. The number of halogens is 10. The van der Waals surface area contributed by atoms with Crippen molar-refractivity contribution in [2.75, 3.05) is 0 Å². The van der Waals surface area contributed by atoms with Gasteiger partial charge >= 0.3 is 12.4 Å². The smallest absolute Gasteiger partial charge is 0.292 e. The van der Waals surface area contributed by atoms with Crippen LogP contribution in [0, 0.1) is 23.3 Å². The second kappa shape index (κ2) is 11.5. The summed E-state index contributed by atoms with van der Waals surface area (Å²) in [4.78, 5) is 8.59. The first-order chi connectivity index (χ1) is 22.5. The highest BCUT2D eigenvalue weighted by Crippen LogP contribution is 2.45. The van der Waals surface area contributed by atoms with Crippen LogP contribution in [0.3, 0.4) is 0 Å². The molecule has 246 valence electrons. The zero-order valence-corrected chi connectivity index (χ0v) is 24.8. The van der Waals surface area contributed by atoms with Crippen LogP contribution in [0.4, 0.5) is 43.9 Å². The summed E-state index contributed by atoms with van der Waals surface area (Å²) >= 11 is 0. The molecule has 0 aliphatic rings. The van der Waals surface area contributed by atoms with E-state index in [-0.39, 0.29) is 11.5 Å². The molecule has 0 radical (unpaired) electrons. The molecule has 0 atom stereocenters. The lowest BCUT2D eigenvalue weighted by molar-refractivity contribution is -0.143. The predicted molar refractivity (Wildman–Crippen MR) is 158 cm³/mol. The first kappa shape index (κ1) is 32.7. The van der Waals surface area contributed by atoms with Gasteiger partial charge in [0.1, 0.15) is 40.2 Å². The third-order valence-corrected chi connectivity index (χ3v) is 8.01. The summed E-state index contributed by atoms with van der Waals surface area (Å²) in [5, 5.41) is 0. The maximum atomic E-state index is 16.0. The molecule has 6 rings (SSSR count). The quantitative estimate of drug-likeness (QED) is 0.171. The van der Waals surface area contributed by atoms with Crippen LogP contribution in [-0.2, 0) is 17.8 Å². The molecule has 6 aromatic rings. The summed E-state index contributed by atoms with van der Waals surface area (Å²) < 4.78 is 146. The molecule has 0 aliphatic heterocycles. The topological polar surface area (TPSA) is 30.7 Å². The van der Waals surface area contributed by atoms with Crippen molar-refractivity contribution in [3.05, 3.63) is 137 Å². The van der Waals surface area contributed by atoms with Crippen LogP contribution in [-0.4, -0.2) is 14.5 Å². The van der Waals surface area contributed by atoms with Gasteiger partial charge in [0.15, 0.2) is 0 Å². The van der Waals surface area contributed by atoms with Gasteiger partial charge < -0.3 is 0 Å². The third kappa shape index (κ3) is 5.46. The Balaban J connectivity index is 1.60. The van der Waals surface area contributed by atoms with Gasteiger partial charge in [-0.25, -0.2) is 22.5 Å². The van der Waals surface area contributed by atoms with Crippen LogP contribution in [0.25, 0.3) is 39.4 Å². The fourth-order valence-corrected chi connectivity index (χ4v) is 5.63. The minimum Gasteiger partial charge on any atom is -0.292 e. The Hall–Kier alpha value is -5.20. The largest absolute Gasteiger partial charge is 0.422 e. The monoisotopic (exact) mass is 673 g/mol. The molecular formula is C35H21F10N3. The molecule has 0 N–H and O–H groups in total. The number of nitrogens with zero attached hydrogens (tertiary/aromatic N) is 3. The molecule has 0 unspecified atom stereocenters. The van der Waals surface area contributed by atoms with Gasteiger partial charge in [0.25, 0.3) is 0 Å². The molecule has 4 aromatic carbocycles. The van der Waals surface area contributed by atoms with E-state index in [1.54, 1.807) is 54.6 Å². The van der Waals surface area contributed by atoms with Crippen molar-refractivity contribution in [2.24, 2.45) is 0 Å². The van der Waals surface area contributed by atoms with E-state index in [0.29, 0.717) is 22.8 Å². The minimum absolute atomic E-state index is 0.210. The number of hydrogen-bond acceptors (Lipinski definition) is 2. The molecule has 0 amide bonds. The van der Waals surface area contributed by atoms with E-state index in [9.17, 15) is 30.7 Å². The molecule has 48 heavy (non-hydrogen) atoms. The Morgan fingerprint density at radius 2 is 1.21 bits per heavy atom. The number of fused-ring (bicyclic) bond motifs is 1. The molecule has 0 saturated carbocycles. The normalized spacial score (nSPS) is 12.6. The van der Waals surface area contributed by atoms with Crippen molar-refractivity contribution in [1.82, 2.24) is 14.5 Å². The number of hydrogen-bond donors (Lipinski definition) is 0. The first-order valence-corrected chi connectivity index (χ1v) is 14.2. The number of alkyl halides is 6. The summed E-state index contributed by atoms with van der Waals surface area (Å²) in [5.74, 6) is -7.95. The predicted octanol–water partition coefficient (Wildman–Crippen LogP) is 10.7. The molecule has 0 saturated heterocycles. The SMILES string of the molecule is CC(C)(c1cccc(-c2ccc(F)c(C(F)(F)F)c2F)n1)c1cc(-c2nc3ccccc3n2-c2ccccc2)c(F)c(C(F)(F)F)c1F. The molecule has 0 spiro atoms. The first-order valence-electron chi connectivity index (χ1n) is 14.2. The Morgan fingerprint density at radius 1 is 0.583 bits per heavy atom. The molecule has 0 fully saturated rings. The maximum Gasteiger partial charge on any atom is 0.422 e. The van der Waals surface area contributed by atoms with Gasteiger partial charge in [-0.15, -0.1) is 0 Å². The minimum atomic E-state index is -5.51. The second-order valence-corrected chi connectivity index (χ2v) is 11.4. The molecule has 2 heterocycles. The van der Waals surface area contributed by atoms with Gasteiger partial charge in [0, 0.05) is 22.2 Å². The van der Waals surface area contributed by atoms with Crippen LogP contribution < -0.4 is 0 Å². The number of rotatable bonds is 5. The lowest BCUT2D eigenvalue weighted by Gasteiger charge is -2.28. The van der Waals surface area contributed by atoms with E-state index in [4.69, 9.17) is 0 Å². The number of benzene rings is 4. The van der Waals surface area contributed by atoms with E-state index >= 15 is 13.2 Å². The summed E-state index contributed by atoms with van der Waals surface area (Å²) in [7, 11) is 0. The lowest BCUT2D eigenvalue weighted by Crippen LogP contribution is -2.26. The van der Waals surface area contributed by atoms with Crippen molar-refractivity contribution < 1.29 is 43.9 Å². The van der Waals surface area contributed by atoms with Crippen molar-refractivity contribution in [1.29, 1.82) is 0 Å². The van der Waals surface area contributed by atoms with E-state index in [2.05, 4.69) is 9.97 Å². The van der Waals surface area contributed by atoms with Gasteiger partial charge in [-0.2, -0.15) is 26.3 Å². The van der Waals surface area contributed by atoms with Gasteiger partial charge in [-0.1, -0.05) is 50.2 Å². The molecule has 3 nitrogen and oxygen atoms in total. The van der Waals surface area contributed by atoms with Crippen molar-refractivity contribution in [2.45, 2.75) is 31.6 Å². The number of pyridine rings is 1. The maximum absolute atomic E-state index is 16.0. The van der Waals surface area contributed by atoms with Crippen molar-refractivity contribution in [3.8, 4) is 28.3 Å². The number of aromatic nitrogens is 3. The van der Waals surface area contributed by atoms with E-state index in [1.807, 2.05) is 0 Å². The zero-order chi connectivity index (χ0) is 34.8. The Labute approximate surface area is 266 Å². The third-order valence-electron chi connectivity index (χ3n) is 8.01. The fraction of sp³-hybridized carbons (Fsp3) is 0.143. The summed E-state index contributed by atoms with van der Waals surface area (Å²) in [6.07, 6.45) is -10.9. The van der Waals surface area contributed by atoms with Gasteiger partial charge in [-0.05, 0) is 54.6 Å². The van der Waals surface area contributed by atoms with Gasteiger partial charge in [0.2, 0.25) is 0 Å². The van der Waals surface area contributed by atoms with Crippen LogP contribution in [0.1, 0.15) is 36.2 Å². The molecule has 0 aliphatic carbocycles. The summed E-state index contributed by atoms with van der Waals surface area (Å²) in [6, 6.07) is 20.3. The average molecular weight is 674 g/mol. The van der Waals surface area contributed by atoms with Gasteiger partial charge in [-0.3, -0.25) is 9.55 Å². The van der Waals surface area contributed by atoms with Crippen LogP contribution in [0.15, 0.2) is 91.0 Å². The molecule has 0 bridgehead atoms. The van der Waals surface area contributed by atoms with E-state index < -0.39 is 74.5 Å². The van der Waals surface area contributed by atoms with Crippen molar-refractivity contribution in [3.63, 3.8) is 0 Å². The average Bonchev–Trinajstić information content (AvgIpc) is 3.39. The van der Waals surface area contributed by atoms with Crippen molar-refractivity contribution >= 4 is 11.0 Å². The number of para-hydroxylation sites is 3. The summed E-state index contributed by atoms with van der Waals surface area (Å²) in [5.41, 5.74) is -7.80. The lowest BCUT2D eigenvalue weighted by atomic mass is 9.78. The zero-order valence-electron chi connectivity index (χ0n) is 24.8. The summed E-state index contributed by atoms with van der Waals surface area (Å²) in [6.45, 7) is 2.53. The van der Waals surface area contributed by atoms with Crippen LogP contribution >= 0.6 is 0 Å². The van der Waals surface area contributed by atoms with E-state index in [0.717, 1.165) is 18.2 Å². The highest BCUT2D eigenvalue weighted by atomic mass is 19.4. The fourth-order valence-electron chi connectivity index (χ4n) is 5.63. The van der Waals surface area contributed by atoms with E-state index in [1.165, 1.54) is 30.5 Å². The standard InChI is InChI=1S/C35H21F10N3/c1-33(2,26-14-8-12-23(46-26)19-15-16-22(36)27(29(19)37)34(40,41)42)21-17-20(30(38)28(31(21)39)35(43,44)45)32-47-24-11-6-7-13-25(24)48(32)18-9-4-3-5-10-18/h3-17H,1-2H3. The molecule has 13 heteroatoms. The molecular weight excluding hydrogens is 652 g/mol. The Bertz CT molecular complexity index is 2180. The van der Waals surface area contributed by atoms with Gasteiger partial charge in [0.05, 0.1) is 28.0 Å². The molecule has 2 aromatic heterocycles. The number of imidazole rings is 1. The highest BCUT2D eigenvalue weighted by Gasteiger charge is 2.44.